The quantitative estimate of drug-likeness (QED) is 0.454. The van der Waals surface area contributed by atoms with Crippen LogP contribution in [0, 0.1) is 13.8 Å². The van der Waals surface area contributed by atoms with Crippen LogP contribution in [-0.4, -0.2) is 65.2 Å². The van der Waals surface area contributed by atoms with Gasteiger partial charge < -0.3 is 4.90 Å². The van der Waals surface area contributed by atoms with Crippen LogP contribution in [0.5, 0.6) is 0 Å². The number of sulfonamides is 2. The van der Waals surface area contributed by atoms with E-state index in [1.807, 2.05) is 13.8 Å². The van der Waals surface area contributed by atoms with Crippen LogP contribution in [0.2, 0.25) is 5.02 Å². The van der Waals surface area contributed by atoms with Crippen molar-refractivity contribution in [1.82, 2.24) is 9.21 Å². The Morgan fingerprint density at radius 1 is 0.811 bits per heavy atom. The zero-order chi connectivity index (χ0) is 27.0. The van der Waals surface area contributed by atoms with Crippen LogP contribution in [0.1, 0.15) is 21.5 Å². The van der Waals surface area contributed by atoms with Crippen molar-refractivity contribution < 1.29 is 21.6 Å². The predicted octanol–water partition coefficient (Wildman–Crippen LogP) is 3.93. The molecule has 0 saturated carbocycles. The van der Waals surface area contributed by atoms with Gasteiger partial charge in [-0.15, -0.1) is 0 Å². The van der Waals surface area contributed by atoms with Crippen LogP contribution in [0.4, 0.5) is 5.69 Å². The lowest BCUT2D eigenvalue weighted by Gasteiger charge is -2.34. The van der Waals surface area contributed by atoms with Crippen LogP contribution < -0.4 is 4.31 Å². The van der Waals surface area contributed by atoms with E-state index >= 15 is 0 Å². The van der Waals surface area contributed by atoms with Crippen molar-refractivity contribution in [1.29, 1.82) is 0 Å². The van der Waals surface area contributed by atoms with Gasteiger partial charge in [-0.1, -0.05) is 35.9 Å². The summed E-state index contributed by atoms with van der Waals surface area (Å²) in [5.74, 6) is -0.451. The Hall–Kier alpha value is -2.92. The normalized spacial score (nSPS) is 15.0. The molecule has 0 N–H and O–H groups in total. The van der Waals surface area contributed by atoms with Gasteiger partial charge in [0.25, 0.3) is 15.9 Å². The van der Waals surface area contributed by atoms with E-state index in [1.54, 1.807) is 48.5 Å². The van der Waals surface area contributed by atoms with E-state index in [1.165, 1.54) is 34.5 Å². The van der Waals surface area contributed by atoms with Crippen LogP contribution in [0.3, 0.4) is 0 Å². The van der Waals surface area contributed by atoms with Gasteiger partial charge in [-0.3, -0.25) is 9.10 Å². The Kier molecular flexibility index (Phi) is 7.66. The summed E-state index contributed by atoms with van der Waals surface area (Å²) in [6.07, 6.45) is 0. The third-order valence-electron chi connectivity index (χ3n) is 6.59. The van der Waals surface area contributed by atoms with Crippen molar-refractivity contribution in [2.45, 2.75) is 23.6 Å². The SMILES string of the molecule is Cc1ccc(S(=O)(=O)N2CCN(C(=O)c3cc(S(=O)(=O)N(C)c4ccccc4)ccc3Cl)CC2)cc1C. The predicted molar refractivity (Wildman–Crippen MR) is 144 cm³/mol. The van der Waals surface area contributed by atoms with Gasteiger partial charge in [0.05, 0.1) is 26.1 Å². The summed E-state index contributed by atoms with van der Waals surface area (Å²) in [6.45, 7) is 4.32. The van der Waals surface area contributed by atoms with Crippen LogP contribution in [-0.2, 0) is 20.0 Å². The maximum Gasteiger partial charge on any atom is 0.264 e. The van der Waals surface area contributed by atoms with E-state index in [0.717, 1.165) is 15.4 Å². The number of piperazine rings is 1. The highest BCUT2D eigenvalue weighted by Gasteiger charge is 2.32. The minimum atomic E-state index is -3.94. The van der Waals surface area contributed by atoms with Gasteiger partial charge in [0, 0.05) is 33.2 Å². The molecular weight excluding hydrogens is 534 g/mol. The number of carbonyl (C=O) groups excluding carboxylic acids is 1. The lowest BCUT2D eigenvalue weighted by molar-refractivity contribution is 0.0698. The minimum absolute atomic E-state index is 0.0506. The molecule has 11 heteroatoms. The van der Waals surface area contributed by atoms with Crippen LogP contribution >= 0.6 is 11.6 Å². The molecule has 0 aromatic heterocycles. The fraction of sp³-hybridized carbons (Fsp3) is 0.269. The summed E-state index contributed by atoms with van der Waals surface area (Å²) in [4.78, 5) is 15.0. The number of halogens is 1. The molecule has 0 aliphatic carbocycles. The van der Waals surface area contributed by atoms with Crippen molar-refractivity contribution in [2.24, 2.45) is 0 Å². The van der Waals surface area contributed by atoms with E-state index in [-0.39, 0.29) is 46.6 Å². The second-order valence-corrected chi connectivity index (χ2v) is 13.2. The van der Waals surface area contributed by atoms with Crippen molar-refractivity contribution >= 4 is 43.2 Å². The van der Waals surface area contributed by atoms with Crippen molar-refractivity contribution in [2.75, 3.05) is 37.5 Å². The third-order valence-corrected chi connectivity index (χ3v) is 10.6. The molecule has 1 amide bonds. The second-order valence-electron chi connectivity index (χ2n) is 8.89. The van der Waals surface area contributed by atoms with Gasteiger partial charge in [0.1, 0.15) is 0 Å². The number of para-hydroxylation sites is 1. The second kappa shape index (κ2) is 10.4. The summed E-state index contributed by atoms with van der Waals surface area (Å²) in [5, 5.41) is 0.122. The first-order valence-electron chi connectivity index (χ1n) is 11.6. The smallest absolute Gasteiger partial charge is 0.264 e. The lowest BCUT2D eigenvalue weighted by Crippen LogP contribution is -2.50. The molecule has 0 bridgehead atoms. The number of carbonyl (C=O) groups is 1. The molecule has 1 heterocycles. The fourth-order valence-corrected chi connectivity index (χ4v) is 7.02. The molecule has 8 nitrogen and oxygen atoms in total. The molecule has 0 spiro atoms. The van der Waals surface area contributed by atoms with Gasteiger partial charge in [-0.2, -0.15) is 4.31 Å². The summed E-state index contributed by atoms with van der Waals surface area (Å²) in [5.41, 5.74) is 2.42. The molecule has 3 aromatic rings. The highest BCUT2D eigenvalue weighted by molar-refractivity contribution is 7.92. The first-order valence-corrected chi connectivity index (χ1v) is 14.9. The Labute approximate surface area is 223 Å². The number of benzene rings is 3. The standard InChI is InChI=1S/C26H28ClN3O5S2/c1-19-9-10-22(17-20(19)2)37(34,35)30-15-13-29(14-16-30)26(31)24-18-23(11-12-25(24)27)36(32,33)28(3)21-7-5-4-6-8-21/h4-12,17-18H,13-16H2,1-3H3. The Morgan fingerprint density at radius 2 is 1.43 bits per heavy atom. The fourth-order valence-electron chi connectivity index (χ4n) is 4.09. The van der Waals surface area contributed by atoms with Gasteiger partial charge >= 0.3 is 0 Å². The zero-order valence-corrected chi connectivity index (χ0v) is 23.1. The van der Waals surface area contributed by atoms with Crippen LogP contribution in [0.15, 0.2) is 76.5 Å². The molecule has 3 aromatic carbocycles. The number of nitrogens with zero attached hydrogens (tertiary/aromatic N) is 3. The number of hydrogen-bond donors (Lipinski definition) is 0. The highest BCUT2D eigenvalue weighted by atomic mass is 35.5. The van der Waals surface area contributed by atoms with Crippen molar-refractivity contribution in [3.63, 3.8) is 0 Å². The third kappa shape index (κ3) is 5.38. The molecule has 1 aliphatic heterocycles. The van der Waals surface area contributed by atoms with Crippen LogP contribution in [0.25, 0.3) is 0 Å². The minimum Gasteiger partial charge on any atom is -0.336 e. The molecule has 1 aliphatic rings. The first kappa shape index (κ1) is 27.1. The van der Waals surface area contributed by atoms with Gasteiger partial charge in [0.2, 0.25) is 10.0 Å². The molecular formula is C26H28ClN3O5S2. The molecule has 0 unspecified atom stereocenters. The number of hydrogen-bond acceptors (Lipinski definition) is 5. The highest BCUT2D eigenvalue weighted by Crippen LogP contribution is 2.27. The van der Waals surface area contributed by atoms with E-state index in [9.17, 15) is 21.6 Å². The Morgan fingerprint density at radius 3 is 2.05 bits per heavy atom. The van der Waals surface area contributed by atoms with Crippen molar-refractivity contribution in [3.05, 3.63) is 88.4 Å². The summed E-state index contributed by atoms with van der Waals surface area (Å²) in [7, 11) is -6.20. The average molecular weight is 562 g/mol. The molecule has 0 radical (unpaired) electrons. The lowest BCUT2D eigenvalue weighted by atomic mass is 10.1. The Balaban J connectivity index is 1.52. The number of rotatable bonds is 6. The van der Waals surface area contributed by atoms with Crippen molar-refractivity contribution in [3.8, 4) is 0 Å². The number of aryl methyl sites for hydroxylation is 2. The average Bonchev–Trinajstić information content (AvgIpc) is 2.90. The molecule has 1 saturated heterocycles. The molecule has 4 rings (SSSR count). The van der Waals surface area contributed by atoms with Gasteiger partial charge in [-0.25, -0.2) is 16.8 Å². The van der Waals surface area contributed by atoms with E-state index in [4.69, 9.17) is 11.6 Å². The Bertz CT molecular complexity index is 1540. The maximum absolute atomic E-state index is 13.3. The number of amides is 1. The zero-order valence-electron chi connectivity index (χ0n) is 20.8. The van der Waals surface area contributed by atoms with E-state index < -0.39 is 26.0 Å². The van der Waals surface area contributed by atoms with Gasteiger partial charge in [-0.05, 0) is 67.4 Å². The largest absolute Gasteiger partial charge is 0.336 e. The summed E-state index contributed by atoms with van der Waals surface area (Å²) < 4.78 is 55.2. The number of anilines is 1. The molecule has 1 fully saturated rings. The van der Waals surface area contributed by atoms with E-state index in [0.29, 0.717) is 5.69 Å². The van der Waals surface area contributed by atoms with E-state index in [2.05, 4.69) is 0 Å². The first-order chi connectivity index (χ1) is 17.4. The summed E-state index contributed by atoms with van der Waals surface area (Å²) in [6, 6.07) is 17.6. The topological polar surface area (TPSA) is 95.1 Å². The maximum atomic E-state index is 13.3. The summed E-state index contributed by atoms with van der Waals surface area (Å²) >= 11 is 6.30. The molecule has 0 atom stereocenters. The molecule has 196 valence electrons. The van der Waals surface area contributed by atoms with Gasteiger partial charge in [0.15, 0.2) is 0 Å². The monoisotopic (exact) mass is 561 g/mol. The molecule has 37 heavy (non-hydrogen) atoms.